The van der Waals surface area contributed by atoms with Crippen molar-refractivity contribution in [3.8, 4) is 0 Å². The highest BCUT2D eigenvalue weighted by molar-refractivity contribution is 6.21. The van der Waals surface area contributed by atoms with Crippen LogP contribution in [-0.4, -0.2) is 51.5 Å². The third kappa shape index (κ3) is 4.04. The summed E-state index contributed by atoms with van der Waals surface area (Å²) in [4.78, 5) is 26.9. The molecule has 2 aliphatic heterocycles. The van der Waals surface area contributed by atoms with E-state index >= 15 is 0 Å². The minimum atomic E-state index is -4.49. The minimum Gasteiger partial charge on any atom is -0.320 e. The van der Waals surface area contributed by atoms with E-state index < -0.39 is 12.0 Å². The van der Waals surface area contributed by atoms with Crippen molar-refractivity contribution in [2.24, 2.45) is 21.8 Å². The number of likely N-dealkylation sites (tertiary alicyclic amines) is 1. The number of hydrogen-bond donors (Lipinski definition) is 0. The first kappa shape index (κ1) is 20.8. The van der Waals surface area contributed by atoms with Gasteiger partial charge in [0.1, 0.15) is 11.8 Å². The van der Waals surface area contributed by atoms with Crippen LogP contribution in [0.15, 0.2) is 58.6 Å². The van der Waals surface area contributed by atoms with Gasteiger partial charge in [-0.15, -0.1) is 0 Å². The van der Waals surface area contributed by atoms with Gasteiger partial charge in [0.05, 0.1) is 23.3 Å². The van der Waals surface area contributed by atoms with E-state index in [1.165, 1.54) is 4.57 Å². The van der Waals surface area contributed by atoms with Crippen LogP contribution in [0, 0.1) is 11.8 Å². The Morgan fingerprint density at radius 3 is 2.62 bits per heavy atom. The third-order valence-corrected chi connectivity index (χ3v) is 6.18. The van der Waals surface area contributed by atoms with Crippen LogP contribution in [0.5, 0.6) is 0 Å². The molecule has 0 radical (unpaired) electrons. The van der Waals surface area contributed by atoms with E-state index in [0.717, 1.165) is 25.9 Å². The van der Waals surface area contributed by atoms with Gasteiger partial charge in [-0.1, -0.05) is 30.4 Å². The predicted octanol–water partition coefficient (Wildman–Crippen LogP) is 3.89. The number of allylic oxidation sites excluding steroid dienone is 3. The van der Waals surface area contributed by atoms with Gasteiger partial charge in [-0.25, -0.2) is 9.98 Å². The molecule has 9 heteroatoms. The van der Waals surface area contributed by atoms with Crippen molar-refractivity contribution in [2.75, 3.05) is 19.6 Å². The van der Waals surface area contributed by atoms with Crippen LogP contribution in [0.3, 0.4) is 0 Å². The molecular weight excluding hydrogens is 419 g/mol. The first-order valence-electron chi connectivity index (χ1n) is 10.7. The molecule has 1 saturated heterocycles. The van der Waals surface area contributed by atoms with Gasteiger partial charge in [0.2, 0.25) is 5.82 Å². The number of halogens is 3. The number of rotatable bonds is 4. The number of amides is 1. The van der Waals surface area contributed by atoms with Crippen LogP contribution in [0.4, 0.5) is 13.2 Å². The second-order valence-electron chi connectivity index (χ2n) is 8.38. The van der Waals surface area contributed by atoms with Crippen LogP contribution in [0.25, 0.3) is 11.0 Å². The maximum absolute atomic E-state index is 13.6. The van der Waals surface area contributed by atoms with Gasteiger partial charge in [0.25, 0.3) is 5.91 Å². The number of para-hydroxylation sites is 2. The topological polar surface area (TPSA) is 62.9 Å². The Bertz CT molecular complexity index is 1170. The summed E-state index contributed by atoms with van der Waals surface area (Å²) in [5, 5.41) is 0. The average molecular weight is 441 g/mol. The number of aromatic nitrogens is 2. The lowest BCUT2D eigenvalue weighted by atomic mass is 9.95. The second-order valence-corrected chi connectivity index (χ2v) is 8.38. The highest BCUT2D eigenvalue weighted by Crippen LogP contribution is 2.33. The van der Waals surface area contributed by atoms with E-state index in [1.807, 2.05) is 18.2 Å². The van der Waals surface area contributed by atoms with E-state index in [4.69, 9.17) is 0 Å². The Kier molecular flexibility index (Phi) is 5.28. The fourth-order valence-electron chi connectivity index (χ4n) is 4.55. The minimum absolute atomic E-state index is 0.113. The molecule has 1 aromatic carbocycles. The van der Waals surface area contributed by atoms with E-state index in [2.05, 4.69) is 19.9 Å². The summed E-state index contributed by atoms with van der Waals surface area (Å²) in [6, 6.07) is 6.73. The van der Waals surface area contributed by atoms with Crippen LogP contribution >= 0.6 is 0 Å². The number of hydrogen-bond acceptors (Lipinski definition) is 4. The van der Waals surface area contributed by atoms with Crippen molar-refractivity contribution in [2.45, 2.75) is 25.6 Å². The molecule has 32 heavy (non-hydrogen) atoms. The number of piperidine rings is 1. The van der Waals surface area contributed by atoms with Crippen molar-refractivity contribution in [1.82, 2.24) is 14.5 Å². The van der Waals surface area contributed by atoms with E-state index in [0.29, 0.717) is 29.1 Å². The fourth-order valence-corrected chi connectivity index (χ4v) is 4.55. The largest absolute Gasteiger partial charge is 0.449 e. The Balaban J connectivity index is 1.25. The Morgan fingerprint density at radius 1 is 1.06 bits per heavy atom. The third-order valence-electron chi connectivity index (χ3n) is 6.18. The summed E-state index contributed by atoms with van der Waals surface area (Å²) in [7, 11) is 0. The lowest BCUT2D eigenvalue weighted by Crippen LogP contribution is -2.40. The fraction of sp³-hybridized carbons (Fsp3) is 0.391. The van der Waals surface area contributed by atoms with Crippen molar-refractivity contribution in [3.63, 3.8) is 0 Å². The molecular formula is C23H22F3N5O. The van der Waals surface area contributed by atoms with Gasteiger partial charge >= 0.3 is 6.18 Å². The molecule has 1 fully saturated rings. The Labute approximate surface area is 182 Å². The molecule has 0 saturated carbocycles. The maximum atomic E-state index is 13.6. The number of carbonyl (C=O) groups is 1. The maximum Gasteiger partial charge on any atom is 0.449 e. The van der Waals surface area contributed by atoms with Gasteiger partial charge in [0, 0.05) is 6.54 Å². The Morgan fingerprint density at radius 2 is 1.84 bits per heavy atom. The second kappa shape index (κ2) is 8.12. The lowest BCUT2D eigenvalue weighted by molar-refractivity contribution is -0.147. The first-order chi connectivity index (χ1) is 15.4. The summed E-state index contributed by atoms with van der Waals surface area (Å²) in [5.74, 6) is -0.813. The SMILES string of the molecule is O=C1N=C(CN2CCC(Cn3c(C(F)(F)F)nc4ccccc43)CC2)N=C2C=CC=CC12. The van der Waals surface area contributed by atoms with Gasteiger partial charge in [0.15, 0.2) is 0 Å². The van der Waals surface area contributed by atoms with E-state index in [9.17, 15) is 18.0 Å². The highest BCUT2D eigenvalue weighted by atomic mass is 19.4. The highest BCUT2D eigenvalue weighted by Gasteiger charge is 2.38. The molecule has 5 rings (SSSR count). The molecule has 3 aliphatic rings. The Hall–Kier alpha value is -3.07. The predicted molar refractivity (Wildman–Crippen MR) is 116 cm³/mol. The number of benzene rings is 1. The van der Waals surface area contributed by atoms with Crippen LogP contribution in [0.1, 0.15) is 18.7 Å². The van der Waals surface area contributed by atoms with Crippen molar-refractivity contribution >= 4 is 28.5 Å². The summed E-state index contributed by atoms with van der Waals surface area (Å²) >= 11 is 0. The molecule has 1 amide bonds. The lowest BCUT2D eigenvalue weighted by Gasteiger charge is -2.32. The summed E-state index contributed by atoms with van der Waals surface area (Å²) in [6.07, 6.45) is 4.32. The zero-order valence-corrected chi connectivity index (χ0v) is 17.3. The van der Waals surface area contributed by atoms with Crippen LogP contribution in [0.2, 0.25) is 0 Å². The van der Waals surface area contributed by atoms with Crippen molar-refractivity contribution < 1.29 is 18.0 Å². The number of alkyl halides is 3. The molecule has 1 aliphatic carbocycles. The molecule has 2 aromatic rings. The van der Waals surface area contributed by atoms with Gasteiger partial charge in [-0.2, -0.15) is 18.2 Å². The first-order valence-corrected chi connectivity index (χ1v) is 10.7. The molecule has 166 valence electrons. The number of imidazole rings is 1. The number of nitrogens with zero attached hydrogens (tertiary/aromatic N) is 5. The van der Waals surface area contributed by atoms with Gasteiger partial charge in [-0.05, 0) is 50.1 Å². The molecule has 1 atom stereocenters. The number of aliphatic imine (C=N–C) groups is 2. The standard InChI is InChI=1S/C23H22F3N5O/c24-23(25,26)22-28-18-7-3-4-8-19(18)31(22)13-15-9-11-30(12-10-15)14-20-27-17-6-2-1-5-16(17)21(32)29-20/h1-8,15-16H,9-14H2. The number of fused-ring (bicyclic) bond motifs is 2. The van der Waals surface area contributed by atoms with Gasteiger partial charge < -0.3 is 4.57 Å². The average Bonchev–Trinajstić information content (AvgIpc) is 3.14. The summed E-state index contributed by atoms with van der Waals surface area (Å²) in [6.45, 7) is 2.18. The molecule has 3 heterocycles. The molecule has 1 unspecified atom stereocenters. The number of carbonyl (C=O) groups excluding carboxylic acids is 1. The van der Waals surface area contributed by atoms with E-state index in [-0.39, 0.29) is 24.3 Å². The molecule has 1 aromatic heterocycles. The summed E-state index contributed by atoms with van der Waals surface area (Å²) in [5.41, 5.74) is 1.59. The molecule has 0 spiro atoms. The molecule has 0 N–H and O–H groups in total. The zero-order valence-electron chi connectivity index (χ0n) is 17.3. The van der Waals surface area contributed by atoms with Crippen LogP contribution in [-0.2, 0) is 17.5 Å². The van der Waals surface area contributed by atoms with Crippen LogP contribution < -0.4 is 0 Å². The van der Waals surface area contributed by atoms with Gasteiger partial charge in [-0.3, -0.25) is 9.69 Å². The smallest absolute Gasteiger partial charge is 0.320 e. The molecule has 6 nitrogen and oxygen atoms in total. The number of amidine groups is 1. The quantitative estimate of drug-likeness (QED) is 0.723. The van der Waals surface area contributed by atoms with E-state index in [1.54, 1.807) is 30.3 Å². The summed E-state index contributed by atoms with van der Waals surface area (Å²) < 4.78 is 42.0. The molecule has 0 bridgehead atoms. The van der Waals surface area contributed by atoms with Crippen molar-refractivity contribution in [1.29, 1.82) is 0 Å². The van der Waals surface area contributed by atoms with Crippen molar-refractivity contribution in [3.05, 3.63) is 54.4 Å². The normalized spacial score (nSPS) is 22.2. The monoisotopic (exact) mass is 441 g/mol. The zero-order chi connectivity index (χ0) is 22.3.